The van der Waals surface area contributed by atoms with Crippen LogP contribution in [0.4, 0.5) is 0 Å². The first-order valence-electron chi connectivity index (χ1n) is 6.17. The Labute approximate surface area is 103 Å². The normalized spacial score (nSPS) is 26.9. The van der Waals surface area contributed by atoms with Gasteiger partial charge in [0.25, 0.3) is 0 Å². The lowest BCUT2D eigenvalue weighted by Crippen LogP contribution is -2.40. The minimum atomic E-state index is -0.670. The Hall–Kier alpha value is -0.220. The van der Waals surface area contributed by atoms with Crippen molar-refractivity contribution >= 4 is 17.7 Å². The molecule has 1 aliphatic rings. The molecule has 1 heterocycles. The molecule has 2 unspecified atom stereocenters. The van der Waals surface area contributed by atoms with Crippen LogP contribution in [0.1, 0.15) is 39.5 Å². The van der Waals surface area contributed by atoms with E-state index in [1.807, 2.05) is 0 Å². The molecule has 0 amide bonds. The third-order valence-electron chi connectivity index (χ3n) is 2.86. The minimum Gasteiger partial charge on any atom is -0.481 e. The summed E-state index contributed by atoms with van der Waals surface area (Å²) in [5, 5.41) is 10.00. The van der Waals surface area contributed by atoms with Crippen LogP contribution >= 0.6 is 11.8 Å². The van der Waals surface area contributed by atoms with Crippen LogP contribution in [0.5, 0.6) is 0 Å². The maximum absolute atomic E-state index is 10.3. The van der Waals surface area contributed by atoms with Gasteiger partial charge in [-0.15, -0.1) is 0 Å². The third kappa shape index (κ3) is 5.75. The van der Waals surface area contributed by atoms with Crippen LogP contribution in [0.25, 0.3) is 0 Å². The average Bonchev–Trinajstić information content (AvgIpc) is 2.15. The van der Waals surface area contributed by atoms with E-state index >= 15 is 0 Å². The van der Waals surface area contributed by atoms with Crippen LogP contribution in [-0.4, -0.2) is 46.1 Å². The highest BCUT2D eigenvalue weighted by Gasteiger charge is 2.21. The first-order chi connectivity index (χ1) is 7.58. The highest BCUT2D eigenvalue weighted by atomic mass is 32.2. The molecule has 0 aliphatic carbocycles. The molecular formula is C12H23NO2S. The van der Waals surface area contributed by atoms with Gasteiger partial charge >= 0.3 is 5.97 Å². The number of carboxylic acids is 1. The van der Waals surface area contributed by atoms with Gasteiger partial charge in [0.1, 0.15) is 0 Å². The molecule has 16 heavy (non-hydrogen) atoms. The van der Waals surface area contributed by atoms with Gasteiger partial charge in [0.05, 0.1) is 0 Å². The molecule has 1 fully saturated rings. The molecule has 0 aromatic carbocycles. The fourth-order valence-corrected chi connectivity index (χ4v) is 3.64. The van der Waals surface area contributed by atoms with E-state index in [0.717, 1.165) is 36.3 Å². The monoisotopic (exact) mass is 245 g/mol. The SMILES string of the molecule is CC1CN(CCCCCC(=O)O)CC(C)S1. The summed E-state index contributed by atoms with van der Waals surface area (Å²) in [6, 6.07) is 0. The van der Waals surface area contributed by atoms with Gasteiger partial charge in [-0.1, -0.05) is 20.3 Å². The van der Waals surface area contributed by atoms with Crippen molar-refractivity contribution in [1.29, 1.82) is 0 Å². The van der Waals surface area contributed by atoms with Crippen molar-refractivity contribution in [2.24, 2.45) is 0 Å². The zero-order chi connectivity index (χ0) is 12.0. The Morgan fingerprint density at radius 3 is 2.44 bits per heavy atom. The average molecular weight is 245 g/mol. The summed E-state index contributed by atoms with van der Waals surface area (Å²) in [7, 11) is 0. The van der Waals surface area contributed by atoms with Crippen molar-refractivity contribution in [3.05, 3.63) is 0 Å². The molecule has 1 rings (SSSR count). The summed E-state index contributed by atoms with van der Waals surface area (Å²) in [5.74, 6) is -0.670. The summed E-state index contributed by atoms with van der Waals surface area (Å²) in [6.45, 7) is 8.09. The van der Waals surface area contributed by atoms with Gasteiger partial charge in [0.15, 0.2) is 0 Å². The van der Waals surface area contributed by atoms with E-state index in [2.05, 4.69) is 30.5 Å². The molecule has 0 spiro atoms. The van der Waals surface area contributed by atoms with Crippen molar-refractivity contribution in [2.75, 3.05) is 19.6 Å². The molecule has 0 saturated carbocycles. The van der Waals surface area contributed by atoms with E-state index in [1.165, 1.54) is 13.1 Å². The fourth-order valence-electron chi connectivity index (χ4n) is 2.26. The maximum atomic E-state index is 10.3. The van der Waals surface area contributed by atoms with E-state index in [0.29, 0.717) is 6.42 Å². The molecule has 0 bridgehead atoms. The summed E-state index contributed by atoms with van der Waals surface area (Å²) >= 11 is 2.07. The molecule has 0 aromatic heterocycles. The van der Waals surface area contributed by atoms with Crippen molar-refractivity contribution in [2.45, 2.75) is 50.0 Å². The summed E-state index contributed by atoms with van der Waals surface area (Å²) in [6.07, 6.45) is 3.32. The van der Waals surface area contributed by atoms with Crippen LogP contribution in [0.2, 0.25) is 0 Å². The zero-order valence-corrected chi connectivity index (χ0v) is 11.1. The van der Waals surface area contributed by atoms with Crippen LogP contribution in [-0.2, 0) is 4.79 Å². The molecule has 1 N–H and O–H groups in total. The molecule has 1 saturated heterocycles. The highest BCUT2D eigenvalue weighted by molar-refractivity contribution is 8.00. The van der Waals surface area contributed by atoms with Gasteiger partial charge in [0.2, 0.25) is 0 Å². The standard InChI is InChI=1S/C12H23NO2S/c1-10-8-13(9-11(2)16-10)7-5-3-4-6-12(14)15/h10-11H,3-9H2,1-2H3,(H,14,15). The van der Waals surface area contributed by atoms with Crippen LogP contribution in [0.3, 0.4) is 0 Å². The van der Waals surface area contributed by atoms with E-state index < -0.39 is 5.97 Å². The smallest absolute Gasteiger partial charge is 0.303 e. The second-order valence-electron chi connectivity index (χ2n) is 4.72. The lowest BCUT2D eigenvalue weighted by atomic mass is 10.2. The molecular weight excluding hydrogens is 222 g/mol. The van der Waals surface area contributed by atoms with Gasteiger partial charge in [-0.25, -0.2) is 0 Å². The van der Waals surface area contributed by atoms with Gasteiger partial charge in [-0.2, -0.15) is 11.8 Å². The van der Waals surface area contributed by atoms with E-state index in [4.69, 9.17) is 5.11 Å². The van der Waals surface area contributed by atoms with Gasteiger partial charge in [-0.05, 0) is 19.4 Å². The van der Waals surface area contributed by atoms with Crippen molar-refractivity contribution < 1.29 is 9.90 Å². The molecule has 2 atom stereocenters. The number of unbranched alkanes of at least 4 members (excludes halogenated alkanes) is 2. The highest BCUT2D eigenvalue weighted by Crippen LogP contribution is 2.24. The second-order valence-corrected chi connectivity index (χ2v) is 6.60. The summed E-state index contributed by atoms with van der Waals surface area (Å²) in [5.41, 5.74) is 0. The first-order valence-corrected chi connectivity index (χ1v) is 7.12. The Morgan fingerprint density at radius 2 is 1.88 bits per heavy atom. The maximum Gasteiger partial charge on any atom is 0.303 e. The number of hydrogen-bond acceptors (Lipinski definition) is 3. The molecule has 4 heteroatoms. The Morgan fingerprint density at radius 1 is 1.25 bits per heavy atom. The van der Waals surface area contributed by atoms with Crippen molar-refractivity contribution in [3.63, 3.8) is 0 Å². The summed E-state index contributed by atoms with van der Waals surface area (Å²) in [4.78, 5) is 12.9. The topological polar surface area (TPSA) is 40.5 Å². The van der Waals surface area contributed by atoms with Gasteiger partial charge < -0.3 is 10.0 Å². The lowest BCUT2D eigenvalue weighted by Gasteiger charge is -2.34. The quantitative estimate of drug-likeness (QED) is 0.730. The molecule has 0 aromatic rings. The van der Waals surface area contributed by atoms with Gasteiger partial charge in [0, 0.05) is 30.0 Å². The fraction of sp³-hybridized carbons (Fsp3) is 0.917. The van der Waals surface area contributed by atoms with E-state index in [-0.39, 0.29) is 0 Å². The minimum absolute atomic E-state index is 0.322. The largest absolute Gasteiger partial charge is 0.481 e. The number of rotatable bonds is 6. The number of carbonyl (C=O) groups is 1. The third-order valence-corrected chi connectivity index (χ3v) is 4.09. The Bertz CT molecular complexity index is 213. The number of carboxylic acid groups (broad SMARTS) is 1. The molecule has 3 nitrogen and oxygen atoms in total. The van der Waals surface area contributed by atoms with Crippen LogP contribution in [0, 0.1) is 0 Å². The molecule has 94 valence electrons. The Kier molecular flexibility index (Phi) is 6.21. The van der Waals surface area contributed by atoms with E-state index in [1.54, 1.807) is 0 Å². The Balaban J connectivity index is 2.06. The number of hydrogen-bond donors (Lipinski definition) is 1. The second kappa shape index (κ2) is 7.17. The van der Waals surface area contributed by atoms with E-state index in [9.17, 15) is 4.79 Å². The first kappa shape index (κ1) is 13.8. The number of aliphatic carboxylic acids is 1. The van der Waals surface area contributed by atoms with Crippen molar-refractivity contribution in [1.82, 2.24) is 4.90 Å². The predicted molar refractivity (Wildman–Crippen MR) is 69.1 cm³/mol. The van der Waals surface area contributed by atoms with Crippen molar-refractivity contribution in [3.8, 4) is 0 Å². The zero-order valence-electron chi connectivity index (χ0n) is 10.3. The predicted octanol–water partition coefficient (Wildman–Crippen LogP) is 2.46. The summed E-state index contributed by atoms with van der Waals surface area (Å²) < 4.78 is 0. The molecule has 1 aliphatic heterocycles. The number of thioether (sulfide) groups is 1. The lowest BCUT2D eigenvalue weighted by molar-refractivity contribution is -0.137. The van der Waals surface area contributed by atoms with Gasteiger partial charge in [-0.3, -0.25) is 4.79 Å². The number of nitrogens with zero attached hydrogens (tertiary/aromatic N) is 1. The molecule has 0 radical (unpaired) electrons. The van der Waals surface area contributed by atoms with Crippen LogP contribution < -0.4 is 0 Å². The van der Waals surface area contributed by atoms with Crippen LogP contribution in [0.15, 0.2) is 0 Å².